The van der Waals surface area contributed by atoms with Crippen LogP contribution < -0.4 is 0 Å². The van der Waals surface area contributed by atoms with E-state index in [9.17, 15) is 0 Å². The SMILES string of the molecule is C\C=C/C=C(CC)\C(CCC)=N/C=C\C. The van der Waals surface area contributed by atoms with E-state index in [1.165, 1.54) is 11.3 Å². The van der Waals surface area contributed by atoms with Gasteiger partial charge >= 0.3 is 0 Å². The quantitative estimate of drug-likeness (QED) is 0.441. The molecule has 84 valence electrons. The highest BCUT2D eigenvalue weighted by atomic mass is 14.7. The molecule has 0 heterocycles. The van der Waals surface area contributed by atoms with Crippen LogP contribution in [0.4, 0.5) is 0 Å². The Bertz CT molecular complexity index is 267. The summed E-state index contributed by atoms with van der Waals surface area (Å²) in [5, 5.41) is 0. The topological polar surface area (TPSA) is 12.4 Å². The van der Waals surface area contributed by atoms with Crippen molar-refractivity contribution in [2.75, 3.05) is 0 Å². The van der Waals surface area contributed by atoms with Crippen molar-refractivity contribution in [1.82, 2.24) is 0 Å². The Morgan fingerprint density at radius 2 is 1.87 bits per heavy atom. The van der Waals surface area contributed by atoms with Gasteiger partial charge < -0.3 is 0 Å². The average Bonchev–Trinajstić information content (AvgIpc) is 2.26. The second-order valence-electron chi connectivity index (χ2n) is 3.38. The molecule has 0 saturated carbocycles. The summed E-state index contributed by atoms with van der Waals surface area (Å²) in [5.41, 5.74) is 2.56. The van der Waals surface area contributed by atoms with Crippen LogP contribution in [-0.2, 0) is 0 Å². The highest BCUT2D eigenvalue weighted by Crippen LogP contribution is 2.10. The van der Waals surface area contributed by atoms with Crippen molar-refractivity contribution in [1.29, 1.82) is 0 Å². The molecule has 0 aromatic carbocycles. The lowest BCUT2D eigenvalue weighted by atomic mass is 10.0. The molecule has 0 spiro atoms. The molecule has 0 aliphatic heterocycles. The van der Waals surface area contributed by atoms with Crippen molar-refractivity contribution in [3.63, 3.8) is 0 Å². The van der Waals surface area contributed by atoms with E-state index in [-0.39, 0.29) is 0 Å². The maximum atomic E-state index is 4.49. The molecule has 0 radical (unpaired) electrons. The van der Waals surface area contributed by atoms with E-state index in [0.29, 0.717) is 0 Å². The Morgan fingerprint density at radius 1 is 1.13 bits per heavy atom. The minimum Gasteiger partial charge on any atom is -0.261 e. The van der Waals surface area contributed by atoms with Crippen LogP contribution in [0.5, 0.6) is 0 Å². The van der Waals surface area contributed by atoms with Gasteiger partial charge in [-0.05, 0) is 32.3 Å². The van der Waals surface area contributed by atoms with Crippen molar-refractivity contribution in [3.8, 4) is 0 Å². The highest BCUT2D eigenvalue weighted by Gasteiger charge is 2.02. The van der Waals surface area contributed by atoms with Crippen molar-refractivity contribution >= 4 is 5.71 Å². The third-order valence-electron chi connectivity index (χ3n) is 2.11. The Balaban J connectivity index is 4.84. The molecule has 0 aliphatic rings. The lowest BCUT2D eigenvalue weighted by Gasteiger charge is -2.06. The fourth-order valence-corrected chi connectivity index (χ4v) is 1.34. The Kier molecular flexibility index (Phi) is 8.75. The largest absolute Gasteiger partial charge is 0.261 e. The number of hydrogen-bond donors (Lipinski definition) is 0. The molecule has 0 aliphatic carbocycles. The summed E-state index contributed by atoms with van der Waals surface area (Å²) in [6.45, 7) is 8.39. The predicted octanol–water partition coefficient (Wildman–Crippen LogP) is 4.67. The minimum atomic E-state index is 1.04. The van der Waals surface area contributed by atoms with Gasteiger partial charge in [-0.3, -0.25) is 4.99 Å². The van der Waals surface area contributed by atoms with Crippen LogP contribution in [0.3, 0.4) is 0 Å². The smallest absolute Gasteiger partial charge is 0.0435 e. The van der Waals surface area contributed by atoms with Gasteiger partial charge in [0.1, 0.15) is 0 Å². The molecule has 1 heteroatoms. The van der Waals surface area contributed by atoms with Gasteiger partial charge in [0.05, 0.1) is 0 Å². The molecule has 0 amide bonds. The van der Waals surface area contributed by atoms with Gasteiger partial charge in [-0.1, -0.05) is 44.6 Å². The molecule has 0 N–H and O–H groups in total. The first-order valence-electron chi connectivity index (χ1n) is 5.80. The summed E-state index contributed by atoms with van der Waals surface area (Å²) in [7, 11) is 0. The van der Waals surface area contributed by atoms with Gasteiger partial charge in [0, 0.05) is 11.9 Å². The van der Waals surface area contributed by atoms with Crippen molar-refractivity contribution < 1.29 is 0 Å². The van der Waals surface area contributed by atoms with Gasteiger partial charge in [0.15, 0.2) is 0 Å². The van der Waals surface area contributed by atoms with Crippen LogP contribution in [0.15, 0.2) is 41.1 Å². The minimum absolute atomic E-state index is 1.04. The van der Waals surface area contributed by atoms with E-state index >= 15 is 0 Å². The molecule has 1 nitrogen and oxygen atoms in total. The molecule has 0 fully saturated rings. The summed E-state index contributed by atoms with van der Waals surface area (Å²) >= 11 is 0. The van der Waals surface area contributed by atoms with Crippen molar-refractivity contribution in [3.05, 3.63) is 36.1 Å². The first kappa shape index (κ1) is 13.9. The molecule has 15 heavy (non-hydrogen) atoms. The van der Waals surface area contributed by atoms with Gasteiger partial charge in [0.25, 0.3) is 0 Å². The number of rotatable bonds is 6. The third-order valence-corrected chi connectivity index (χ3v) is 2.11. The van der Waals surface area contributed by atoms with Gasteiger partial charge in [0.2, 0.25) is 0 Å². The van der Waals surface area contributed by atoms with Crippen LogP contribution in [0.1, 0.15) is 47.0 Å². The van der Waals surface area contributed by atoms with Gasteiger partial charge in [-0.15, -0.1) is 0 Å². The maximum Gasteiger partial charge on any atom is 0.0435 e. The van der Waals surface area contributed by atoms with E-state index in [1.807, 2.05) is 26.1 Å². The van der Waals surface area contributed by atoms with Crippen LogP contribution in [0, 0.1) is 0 Å². The second kappa shape index (κ2) is 9.45. The molecule has 0 aromatic rings. The van der Waals surface area contributed by atoms with Gasteiger partial charge in [-0.2, -0.15) is 0 Å². The van der Waals surface area contributed by atoms with Crippen molar-refractivity contribution in [2.24, 2.45) is 4.99 Å². The monoisotopic (exact) mass is 205 g/mol. The summed E-state index contributed by atoms with van der Waals surface area (Å²) < 4.78 is 0. The second-order valence-corrected chi connectivity index (χ2v) is 3.38. The van der Waals surface area contributed by atoms with E-state index in [2.05, 4.69) is 37.1 Å². The summed E-state index contributed by atoms with van der Waals surface area (Å²) in [5.74, 6) is 0. The Labute approximate surface area is 94.3 Å². The molecule has 0 atom stereocenters. The fraction of sp³-hybridized carbons (Fsp3) is 0.500. The first-order valence-corrected chi connectivity index (χ1v) is 5.80. The van der Waals surface area contributed by atoms with Crippen LogP contribution in [0.25, 0.3) is 0 Å². The average molecular weight is 205 g/mol. The van der Waals surface area contributed by atoms with E-state index in [0.717, 1.165) is 19.3 Å². The van der Waals surface area contributed by atoms with Crippen LogP contribution >= 0.6 is 0 Å². The summed E-state index contributed by atoms with van der Waals surface area (Å²) in [6, 6.07) is 0. The molecular formula is C14H23N. The number of allylic oxidation sites excluding steroid dienone is 5. The molecule has 0 saturated heterocycles. The zero-order valence-corrected chi connectivity index (χ0v) is 10.5. The highest BCUT2D eigenvalue weighted by molar-refractivity contribution is 6.00. The lowest BCUT2D eigenvalue weighted by Crippen LogP contribution is -2.01. The third kappa shape index (κ3) is 6.05. The zero-order valence-electron chi connectivity index (χ0n) is 10.5. The molecule has 0 unspecified atom stereocenters. The van der Waals surface area contributed by atoms with Gasteiger partial charge in [-0.25, -0.2) is 0 Å². The number of nitrogens with zero attached hydrogens (tertiary/aromatic N) is 1. The Hall–Kier alpha value is -1.11. The van der Waals surface area contributed by atoms with Crippen LogP contribution in [0.2, 0.25) is 0 Å². The number of hydrogen-bond acceptors (Lipinski definition) is 1. The summed E-state index contributed by atoms with van der Waals surface area (Å²) in [4.78, 5) is 4.49. The van der Waals surface area contributed by atoms with Crippen molar-refractivity contribution in [2.45, 2.75) is 47.0 Å². The molecular weight excluding hydrogens is 182 g/mol. The zero-order chi connectivity index (χ0) is 11.5. The normalized spacial score (nSPS) is 14.4. The molecule has 0 aromatic heterocycles. The molecule has 0 bridgehead atoms. The van der Waals surface area contributed by atoms with E-state index < -0.39 is 0 Å². The standard InChI is InChI=1S/C14H23N/c1-5-9-11-13(8-4)14(10-6-2)15-12-7-3/h5,7,9,11-12H,6,8,10H2,1-4H3/b9-5-,12-7-,13-11-,15-14-. The lowest BCUT2D eigenvalue weighted by molar-refractivity contribution is 0.978. The predicted molar refractivity (Wildman–Crippen MR) is 70.3 cm³/mol. The van der Waals surface area contributed by atoms with E-state index in [1.54, 1.807) is 0 Å². The Morgan fingerprint density at radius 3 is 2.33 bits per heavy atom. The van der Waals surface area contributed by atoms with E-state index in [4.69, 9.17) is 0 Å². The maximum absolute atomic E-state index is 4.49. The first-order chi connectivity index (χ1) is 7.29. The summed E-state index contributed by atoms with van der Waals surface area (Å²) in [6.07, 6.45) is 13.4. The molecule has 0 rings (SSSR count). The van der Waals surface area contributed by atoms with Crippen LogP contribution in [-0.4, -0.2) is 5.71 Å². The number of aliphatic imine (C=N–C) groups is 1. The fourth-order valence-electron chi connectivity index (χ4n) is 1.34.